The third-order valence-electron chi connectivity index (χ3n) is 0.779. The number of aromatic nitrogens is 2. The van der Waals surface area contributed by atoms with Crippen molar-refractivity contribution in [3.05, 3.63) is 18.3 Å². The van der Waals surface area contributed by atoms with E-state index < -0.39 is 0 Å². The van der Waals surface area contributed by atoms with Gasteiger partial charge in [-0.25, -0.2) is 0 Å². The van der Waals surface area contributed by atoms with Crippen molar-refractivity contribution in [2.75, 3.05) is 6.73 Å². The van der Waals surface area contributed by atoms with E-state index in [9.17, 15) is 0 Å². The van der Waals surface area contributed by atoms with Crippen molar-refractivity contribution >= 4 is 0 Å². The van der Waals surface area contributed by atoms with Crippen LogP contribution in [-0.4, -0.2) is 16.9 Å². The molecule has 1 rings (SSSR count). The van der Waals surface area contributed by atoms with Crippen molar-refractivity contribution in [1.29, 1.82) is 0 Å². The lowest BCUT2D eigenvalue weighted by atomic mass is 10.6. The smallest absolute Gasteiger partial charge is 0.234 e. The van der Waals surface area contributed by atoms with Gasteiger partial charge in [0.25, 0.3) is 0 Å². The fourth-order valence-corrected chi connectivity index (χ4v) is 0.450. The maximum atomic E-state index is 5.07. The van der Waals surface area contributed by atoms with Crippen LogP contribution in [0.5, 0.6) is 5.88 Å². The second-order valence-electron chi connectivity index (χ2n) is 1.37. The van der Waals surface area contributed by atoms with Gasteiger partial charge in [0.15, 0.2) is 0 Å². The molecule has 0 saturated heterocycles. The highest BCUT2D eigenvalue weighted by Gasteiger charge is 1.87. The van der Waals surface area contributed by atoms with Crippen LogP contribution in [0, 0.1) is 0 Å². The van der Waals surface area contributed by atoms with Crippen LogP contribution in [0.1, 0.15) is 0 Å². The predicted octanol–water partition coefficient (Wildman–Crippen LogP) is -0.228. The van der Waals surface area contributed by atoms with E-state index >= 15 is 0 Å². The van der Waals surface area contributed by atoms with Gasteiger partial charge in [-0.1, -0.05) is 0 Å². The van der Waals surface area contributed by atoms with E-state index in [0.717, 1.165) is 0 Å². The fourth-order valence-electron chi connectivity index (χ4n) is 0.450. The molecule has 0 bridgehead atoms. The Morgan fingerprint density at radius 2 is 2.56 bits per heavy atom. The molecule has 4 heteroatoms. The van der Waals surface area contributed by atoms with E-state index in [1.165, 1.54) is 0 Å². The Morgan fingerprint density at radius 1 is 1.67 bits per heavy atom. The summed E-state index contributed by atoms with van der Waals surface area (Å²) in [5, 5.41) is 7.19. The molecule has 0 amide bonds. The van der Waals surface area contributed by atoms with Gasteiger partial charge < -0.3 is 4.74 Å². The van der Waals surface area contributed by atoms with E-state index in [4.69, 9.17) is 10.5 Å². The highest BCUT2D eigenvalue weighted by molar-refractivity contribution is 5.04. The third kappa shape index (κ3) is 1.65. The van der Waals surface area contributed by atoms with Crippen molar-refractivity contribution in [2.24, 2.45) is 5.73 Å². The molecule has 1 aromatic heterocycles. The van der Waals surface area contributed by atoms with E-state index in [2.05, 4.69) is 10.2 Å². The van der Waals surface area contributed by atoms with Crippen molar-refractivity contribution in [2.45, 2.75) is 0 Å². The van der Waals surface area contributed by atoms with Crippen LogP contribution >= 0.6 is 0 Å². The summed E-state index contributed by atoms with van der Waals surface area (Å²) < 4.78 is 4.81. The maximum absolute atomic E-state index is 5.07. The Morgan fingerprint density at radius 3 is 3.11 bits per heavy atom. The lowest BCUT2D eigenvalue weighted by molar-refractivity contribution is 0.313. The number of nitrogens with two attached hydrogens (primary N) is 1. The van der Waals surface area contributed by atoms with Crippen LogP contribution in [0.25, 0.3) is 0 Å². The Labute approximate surface area is 52.7 Å². The molecular formula is C5H7N3O. The van der Waals surface area contributed by atoms with Gasteiger partial charge in [-0.2, -0.15) is 5.10 Å². The molecule has 0 unspecified atom stereocenters. The summed E-state index contributed by atoms with van der Waals surface area (Å²) in [6.45, 7) is 0.138. The first kappa shape index (κ1) is 5.97. The normalized spacial score (nSPS) is 9.00. The minimum atomic E-state index is 0.138. The van der Waals surface area contributed by atoms with E-state index in [0.29, 0.717) is 5.88 Å². The summed E-state index contributed by atoms with van der Waals surface area (Å²) in [6, 6.07) is 3.43. The van der Waals surface area contributed by atoms with E-state index in [-0.39, 0.29) is 6.73 Å². The van der Waals surface area contributed by atoms with Gasteiger partial charge in [-0.3, -0.25) is 5.73 Å². The van der Waals surface area contributed by atoms with Crippen molar-refractivity contribution < 1.29 is 4.74 Å². The number of nitrogens with zero attached hydrogens (tertiary/aromatic N) is 2. The Hall–Kier alpha value is -1.16. The molecule has 0 aliphatic carbocycles. The highest BCUT2D eigenvalue weighted by Crippen LogP contribution is 1.98. The van der Waals surface area contributed by atoms with Crippen LogP contribution in [0.2, 0.25) is 0 Å². The molecule has 4 nitrogen and oxygen atoms in total. The van der Waals surface area contributed by atoms with Crippen LogP contribution in [0.3, 0.4) is 0 Å². The molecule has 9 heavy (non-hydrogen) atoms. The predicted molar refractivity (Wildman–Crippen MR) is 31.7 cm³/mol. The lowest BCUT2D eigenvalue weighted by Gasteiger charge is -1.96. The van der Waals surface area contributed by atoms with Gasteiger partial charge in [0.2, 0.25) is 5.88 Å². The minimum absolute atomic E-state index is 0.138. The van der Waals surface area contributed by atoms with E-state index in [1.807, 2.05) is 0 Å². The maximum Gasteiger partial charge on any atom is 0.234 e. The molecule has 0 fully saturated rings. The summed E-state index contributed by atoms with van der Waals surface area (Å²) in [6.07, 6.45) is 1.57. The summed E-state index contributed by atoms with van der Waals surface area (Å²) in [5.41, 5.74) is 5.07. The Balaban J connectivity index is 2.61. The first-order valence-corrected chi connectivity index (χ1v) is 2.54. The SMILES string of the molecule is NCOc1cccnn1. The highest BCUT2D eigenvalue weighted by atomic mass is 16.5. The van der Waals surface area contributed by atoms with Gasteiger partial charge >= 0.3 is 0 Å². The van der Waals surface area contributed by atoms with Crippen LogP contribution in [-0.2, 0) is 0 Å². The Bertz CT molecular complexity index is 165. The zero-order valence-electron chi connectivity index (χ0n) is 4.82. The second-order valence-corrected chi connectivity index (χ2v) is 1.37. The van der Waals surface area contributed by atoms with E-state index in [1.54, 1.807) is 18.3 Å². The standard InChI is InChI=1S/C5H7N3O/c6-4-9-5-2-1-3-7-8-5/h1-3H,4,6H2. The second kappa shape index (κ2) is 2.99. The summed E-state index contributed by atoms with van der Waals surface area (Å²) in [4.78, 5) is 0. The summed E-state index contributed by atoms with van der Waals surface area (Å²) >= 11 is 0. The molecule has 0 aromatic carbocycles. The summed E-state index contributed by atoms with van der Waals surface area (Å²) in [7, 11) is 0. The van der Waals surface area contributed by atoms with Crippen molar-refractivity contribution in [1.82, 2.24) is 10.2 Å². The molecule has 0 spiro atoms. The largest absolute Gasteiger partial charge is 0.461 e. The number of ether oxygens (including phenoxy) is 1. The first-order chi connectivity index (χ1) is 4.43. The minimum Gasteiger partial charge on any atom is -0.461 e. The molecule has 0 atom stereocenters. The van der Waals surface area contributed by atoms with Crippen molar-refractivity contribution in [3.8, 4) is 5.88 Å². The molecule has 2 N–H and O–H groups in total. The van der Waals surface area contributed by atoms with Crippen LogP contribution in [0.15, 0.2) is 18.3 Å². The molecule has 1 aromatic rings. The zero-order valence-corrected chi connectivity index (χ0v) is 4.82. The Kier molecular flexibility index (Phi) is 1.98. The zero-order chi connectivity index (χ0) is 6.53. The topological polar surface area (TPSA) is 61.0 Å². The fraction of sp³-hybridized carbons (Fsp3) is 0.200. The molecule has 0 radical (unpaired) electrons. The lowest BCUT2D eigenvalue weighted by Crippen LogP contribution is -2.08. The van der Waals surface area contributed by atoms with Crippen LogP contribution < -0.4 is 10.5 Å². The molecule has 0 saturated carbocycles. The third-order valence-corrected chi connectivity index (χ3v) is 0.779. The van der Waals surface area contributed by atoms with Gasteiger partial charge in [0.1, 0.15) is 6.73 Å². The average Bonchev–Trinajstić information content (AvgIpc) is 1.91. The monoisotopic (exact) mass is 125 g/mol. The van der Waals surface area contributed by atoms with Gasteiger partial charge in [-0.15, -0.1) is 5.10 Å². The first-order valence-electron chi connectivity index (χ1n) is 2.54. The quantitative estimate of drug-likeness (QED) is 0.555. The van der Waals surface area contributed by atoms with Gasteiger partial charge in [0, 0.05) is 12.3 Å². The molecule has 0 aliphatic rings. The average molecular weight is 125 g/mol. The van der Waals surface area contributed by atoms with Gasteiger partial charge in [-0.05, 0) is 6.07 Å². The van der Waals surface area contributed by atoms with Crippen LogP contribution in [0.4, 0.5) is 0 Å². The number of hydrogen-bond acceptors (Lipinski definition) is 4. The molecule has 1 heterocycles. The number of rotatable bonds is 2. The molecular weight excluding hydrogens is 118 g/mol. The number of hydrogen-bond donors (Lipinski definition) is 1. The molecule has 0 aliphatic heterocycles. The van der Waals surface area contributed by atoms with Crippen molar-refractivity contribution in [3.63, 3.8) is 0 Å². The summed E-state index contributed by atoms with van der Waals surface area (Å²) in [5.74, 6) is 0.458. The van der Waals surface area contributed by atoms with Gasteiger partial charge in [0.05, 0.1) is 0 Å². The molecule has 48 valence electrons.